The molecule has 0 aliphatic rings. The Morgan fingerprint density at radius 3 is 1.05 bits per heavy atom. The minimum atomic E-state index is -5.89. The fourth-order valence-corrected chi connectivity index (χ4v) is 0.379. The van der Waals surface area contributed by atoms with E-state index < -0.39 is 36.2 Å². The van der Waals surface area contributed by atoms with E-state index in [1.54, 1.807) is 0 Å². The van der Waals surface area contributed by atoms with Gasteiger partial charge in [-0.1, -0.05) is 20.4 Å². The summed E-state index contributed by atoms with van der Waals surface area (Å²) in [6.45, 7) is 6.02. The lowest BCUT2D eigenvalue weighted by Gasteiger charge is -2.19. The van der Waals surface area contributed by atoms with Crippen LogP contribution in [-0.4, -0.2) is 30.4 Å². The molecule has 0 amide bonds. The molecule has 0 N–H and O–H groups in total. The smallest absolute Gasteiger partial charge is 0.241 e. The molecule has 0 spiro atoms. The molecule has 0 aromatic heterocycles. The predicted molar refractivity (Wildman–Crippen MR) is 54.2 cm³/mol. The zero-order valence-electron chi connectivity index (χ0n) is 11.3. The highest BCUT2D eigenvalue weighted by atomic mass is 19.4. The van der Waals surface area contributed by atoms with Gasteiger partial charge in [0.1, 0.15) is 0 Å². The van der Waals surface area contributed by atoms with Gasteiger partial charge in [-0.25, -0.2) is 8.78 Å². The molecule has 0 rings (SSSR count). The van der Waals surface area contributed by atoms with Crippen molar-refractivity contribution < 1.29 is 52.7 Å². The maximum atomic E-state index is 11.6. The zero-order chi connectivity index (χ0) is 19.2. The van der Waals surface area contributed by atoms with Crippen LogP contribution in [0.15, 0.2) is 12.4 Å². The van der Waals surface area contributed by atoms with Crippen LogP contribution in [0, 0.1) is 0 Å². The zero-order valence-corrected chi connectivity index (χ0v) is 11.3. The van der Waals surface area contributed by atoms with Crippen molar-refractivity contribution in [3.05, 3.63) is 12.4 Å². The molecule has 0 saturated heterocycles. The Morgan fingerprint density at radius 2 is 1.05 bits per heavy atom. The van der Waals surface area contributed by atoms with Crippen LogP contribution in [0.5, 0.6) is 0 Å². The molecule has 12 heteroatoms. The Morgan fingerprint density at radius 1 is 0.773 bits per heavy atom. The number of halogens is 12. The minimum absolute atomic E-state index is 0.160. The van der Waals surface area contributed by atoms with Crippen LogP contribution in [0.2, 0.25) is 0 Å². The molecular formula is C10H12F12. The van der Waals surface area contributed by atoms with E-state index in [0.29, 0.717) is 0 Å². The molecule has 22 heavy (non-hydrogen) atoms. The van der Waals surface area contributed by atoms with E-state index in [-0.39, 0.29) is 6.92 Å². The van der Waals surface area contributed by atoms with Gasteiger partial charge in [0.05, 0.1) is 0 Å². The molecule has 0 aromatic rings. The highest BCUT2D eigenvalue weighted by Crippen LogP contribution is 2.40. The Labute approximate surface area is 117 Å². The fraction of sp³-hybridized carbons (Fsp3) is 0.800. The van der Waals surface area contributed by atoms with Crippen LogP contribution in [0.1, 0.15) is 20.8 Å². The highest BCUT2D eigenvalue weighted by molar-refractivity contribution is 5.01. The van der Waals surface area contributed by atoms with E-state index in [9.17, 15) is 52.7 Å². The van der Waals surface area contributed by atoms with Crippen LogP contribution in [0.25, 0.3) is 0 Å². The molecular weight excluding hydrogens is 348 g/mol. The minimum Gasteiger partial charge on any atom is -0.241 e. The summed E-state index contributed by atoms with van der Waals surface area (Å²) in [5.74, 6) is -13.3. The SMILES string of the molecule is C=C(F)C(F)(F)C(F)(F)F.CC.CC(F)C(F)(F)C(F)(F)F. The first-order valence-corrected chi connectivity index (χ1v) is 5.27. The molecule has 0 heterocycles. The number of rotatable bonds is 2. The molecule has 0 fully saturated rings. The summed E-state index contributed by atoms with van der Waals surface area (Å²) in [5.41, 5.74) is 0. The third-order valence-corrected chi connectivity index (χ3v) is 1.57. The molecule has 0 nitrogen and oxygen atoms in total. The van der Waals surface area contributed by atoms with Crippen LogP contribution in [-0.2, 0) is 0 Å². The van der Waals surface area contributed by atoms with Gasteiger partial charge in [0.2, 0.25) is 0 Å². The van der Waals surface area contributed by atoms with Gasteiger partial charge in [0, 0.05) is 0 Å². The average molecular weight is 360 g/mol. The van der Waals surface area contributed by atoms with Gasteiger partial charge >= 0.3 is 24.2 Å². The number of allylic oxidation sites excluding steroid dienone is 1. The van der Waals surface area contributed by atoms with Crippen LogP contribution >= 0.6 is 0 Å². The van der Waals surface area contributed by atoms with Crippen molar-refractivity contribution >= 4 is 0 Å². The molecule has 0 radical (unpaired) electrons. The third kappa shape index (κ3) is 7.25. The van der Waals surface area contributed by atoms with Crippen molar-refractivity contribution in [1.29, 1.82) is 0 Å². The van der Waals surface area contributed by atoms with Crippen LogP contribution in [0.3, 0.4) is 0 Å². The van der Waals surface area contributed by atoms with Gasteiger partial charge in [0.15, 0.2) is 12.0 Å². The molecule has 1 unspecified atom stereocenters. The van der Waals surface area contributed by atoms with Crippen molar-refractivity contribution in [2.45, 2.75) is 51.1 Å². The topological polar surface area (TPSA) is 0 Å². The van der Waals surface area contributed by atoms with Crippen molar-refractivity contribution in [1.82, 2.24) is 0 Å². The summed E-state index contributed by atoms with van der Waals surface area (Å²) in [6, 6.07) is 0. The van der Waals surface area contributed by atoms with Crippen LogP contribution in [0.4, 0.5) is 52.7 Å². The van der Waals surface area contributed by atoms with Crippen molar-refractivity contribution in [2.24, 2.45) is 0 Å². The molecule has 0 aromatic carbocycles. The maximum absolute atomic E-state index is 11.6. The average Bonchev–Trinajstić information content (AvgIpc) is 2.29. The van der Waals surface area contributed by atoms with Crippen molar-refractivity contribution in [3.63, 3.8) is 0 Å². The van der Waals surface area contributed by atoms with Gasteiger partial charge < -0.3 is 0 Å². The second-order valence-corrected chi connectivity index (χ2v) is 3.21. The van der Waals surface area contributed by atoms with Crippen molar-refractivity contribution in [2.75, 3.05) is 0 Å². The lowest BCUT2D eigenvalue weighted by atomic mass is 10.2. The summed E-state index contributed by atoms with van der Waals surface area (Å²) >= 11 is 0. The molecule has 0 aliphatic heterocycles. The lowest BCUT2D eigenvalue weighted by molar-refractivity contribution is -0.300. The lowest BCUT2D eigenvalue weighted by Crippen LogP contribution is -2.43. The Balaban J connectivity index is -0.000000294. The first-order chi connectivity index (χ1) is 9.39. The number of alkyl halides is 11. The van der Waals surface area contributed by atoms with Gasteiger partial charge in [-0.3, -0.25) is 0 Å². The van der Waals surface area contributed by atoms with E-state index >= 15 is 0 Å². The largest absolute Gasteiger partial charge is 0.460 e. The highest BCUT2D eigenvalue weighted by Gasteiger charge is 2.61. The monoisotopic (exact) mass is 360 g/mol. The van der Waals surface area contributed by atoms with E-state index in [2.05, 4.69) is 0 Å². The summed E-state index contributed by atoms with van der Waals surface area (Å²) in [5, 5.41) is 0. The third-order valence-electron chi connectivity index (χ3n) is 1.57. The normalized spacial score (nSPS) is 14.1. The van der Waals surface area contributed by atoms with Crippen molar-refractivity contribution in [3.8, 4) is 0 Å². The standard InChI is InChI=1S/C4H4F6.C4H2F6.C2H6/c2*1-2(5)3(6,7)4(8,9)10;1-2/h2H,1H3;1H2;1-2H3. The fourth-order valence-electron chi connectivity index (χ4n) is 0.379. The quantitative estimate of drug-likeness (QED) is 0.512. The molecule has 0 bridgehead atoms. The van der Waals surface area contributed by atoms with Gasteiger partial charge in [-0.05, 0) is 6.92 Å². The summed E-state index contributed by atoms with van der Waals surface area (Å²) in [6.07, 6.45) is -14.9. The number of hydrogen-bond donors (Lipinski definition) is 0. The summed E-state index contributed by atoms with van der Waals surface area (Å²) in [4.78, 5) is 0. The molecule has 136 valence electrons. The van der Waals surface area contributed by atoms with E-state index in [4.69, 9.17) is 0 Å². The van der Waals surface area contributed by atoms with Gasteiger partial charge in [-0.15, -0.1) is 0 Å². The molecule has 1 atom stereocenters. The van der Waals surface area contributed by atoms with E-state index in [0.717, 1.165) is 0 Å². The van der Waals surface area contributed by atoms with Crippen LogP contribution < -0.4 is 0 Å². The van der Waals surface area contributed by atoms with E-state index in [1.165, 1.54) is 0 Å². The Bertz CT molecular complexity index is 322. The van der Waals surface area contributed by atoms with Gasteiger partial charge in [-0.2, -0.15) is 43.9 Å². The second-order valence-electron chi connectivity index (χ2n) is 3.21. The Hall–Kier alpha value is -1.10. The second kappa shape index (κ2) is 8.51. The summed E-state index contributed by atoms with van der Waals surface area (Å²) in [7, 11) is 0. The Kier molecular flexibility index (Phi) is 9.99. The molecule has 0 aliphatic carbocycles. The number of hydrogen-bond acceptors (Lipinski definition) is 0. The molecule has 0 saturated carbocycles. The first-order valence-electron chi connectivity index (χ1n) is 5.27. The predicted octanol–water partition coefficient (Wildman–Crippen LogP) is 6.24. The first kappa shape index (κ1) is 25.8. The maximum Gasteiger partial charge on any atom is 0.460 e. The van der Waals surface area contributed by atoms with E-state index in [1.807, 2.05) is 20.4 Å². The summed E-state index contributed by atoms with van der Waals surface area (Å²) < 4.78 is 135. The van der Waals surface area contributed by atoms with Gasteiger partial charge in [0.25, 0.3) is 0 Å².